The maximum atomic E-state index is 14.1. The topological polar surface area (TPSA) is 80.1 Å². The number of piperidine rings is 1. The van der Waals surface area contributed by atoms with Crippen LogP contribution in [-0.4, -0.2) is 36.1 Å². The maximum Gasteiger partial charge on any atom is 0.146 e. The lowest BCUT2D eigenvalue weighted by molar-refractivity contribution is 0.0819. The highest BCUT2D eigenvalue weighted by atomic mass is 19.1. The second-order valence-electron chi connectivity index (χ2n) is 7.11. The highest BCUT2D eigenvalue weighted by molar-refractivity contribution is 5.67. The first-order valence-electron chi connectivity index (χ1n) is 9.53. The molecule has 1 aliphatic heterocycles. The van der Waals surface area contributed by atoms with Crippen LogP contribution in [0.15, 0.2) is 48.5 Å². The number of nitrogens with two attached hydrogens (primary N) is 1. The Kier molecular flexibility index (Phi) is 5.19. The van der Waals surface area contributed by atoms with Crippen LogP contribution in [0.2, 0.25) is 0 Å². The zero-order chi connectivity index (χ0) is 20.4. The standard InChI is InChI=1S/C22H22FN5O/c1-29-19-8-10-27(11-9-19)17-4-6-18(7-5-17)28-21(13-22(25)26-28)15-2-3-16(14-24)20(23)12-15/h2-7,12-13,19H,8-11H2,1H3,(H2,25,26). The van der Waals surface area contributed by atoms with Crippen LogP contribution >= 0.6 is 0 Å². The summed E-state index contributed by atoms with van der Waals surface area (Å²) in [6.45, 7) is 1.92. The number of ether oxygens (including phenoxy) is 1. The van der Waals surface area contributed by atoms with Gasteiger partial charge in [0.05, 0.1) is 23.0 Å². The summed E-state index contributed by atoms with van der Waals surface area (Å²) in [5, 5.41) is 13.3. The van der Waals surface area contributed by atoms with E-state index in [9.17, 15) is 4.39 Å². The summed E-state index contributed by atoms with van der Waals surface area (Å²) < 4.78 is 21.2. The van der Waals surface area contributed by atoms with Gasteiger partial charge in [-0.15, -0.1) is 0 Å². The average molecular weight is 391 g/mol. The van der Waals surface area contributed by atoms with Gasteiger partial charge < -0.3 is 15.4 Å². The van der Waals surface area contributed by atoms with E-state index in [2.05, 4.69) is 22.1 Å². The van der Waals surface area contributed by atoms with Crippen molar-refractivity contribution in [3.8, 4) is 23.0 Å². The minimum atomic E-state index is -0.564. The minimum Gasteiger partial charge on any atom is -0.382 e. The number of nitriles is 1. The third kappa shape index (κ3) is 3.80. The summed E-state index contributed by atoms with van der Waals surface area (Å²) in [5.74, 6) is -0.221. The number of hydrogen-bond donors (Lipinski definition) is 1. The molecule has 0 atom stereocenters. The summed E-state index contributed by atoms with van der Waals surface area (Å²) in [5.41, 5.74) is 9.18. The molecule has 1 aliphatic rings. The summed E-state index contributed by atoms with van der Waals surface area (Å²) in [6, 6.07) is 16.1. The average Bonchev–Trinajstić information content (AvgIpc) is 3.15. The number of methoxy groups -OCH3 is 1. The molecule has 0 radical (unpaired) electrons. The van der Waals surface area contributed by atoms with Crippen molar-refractivity contribution in [1.82, 2.24) is 9.78 Å². The fourth-order valence-electron chi connectivity index (χ4n) is 3.72. The number of halogens is 1. The Hall–Kier alpha value is -3.37. The van der Waals surface area contributed by atoms with Gasteiger partial charge in [0, 0.05) is 37.5 Å². The van der Waals surface area contributed by atoms with E-state index in [4.69, 9.17) is 15.7 Å². The molecule has 0 spiro atoms. The van der Waals surface area contributed by atoms with E-state index in [0.29, 0.717) is 23.2 Å². The molecule has 0 unspecified atom stereocenters. The smallest absolute Gasteiger partial charge is 0.146 e. The molecule has 3 aromatic rings. The number of benzene rings is 2. The van der Waals surface area contributed by atoms with Crippen molar-refractivity contribution >= 4 is 11.5 Å². The number of nitrogens with zero attached hydrogens (tertiary/aromatic N) is 4. The lowest BCUT2D eigenvalue weighted by Crippen LogP contribution is -2.36. The van der Waals surface area contributed by atoms with Crippen molar-refractivity contribution in [2.24, 2.45) is 0 Å². The molecule has 0 amide bonds. The van der Waals surface area contributed by atoms with Crippen molar-refractivity contribution in [2.75, 3.05) is 30.8 Å². The number of aromatic nitrogens is 2. The Bertz CT molecular complexity index is 1050. The summed E-state index contributed by atoms with van der Waals surface area (Å²) in [4.78, 5) is 2.34. The first-order valence-corrected chi connectivity index (χ1v) is 9.53. The van der Waals surface area contributed by atoms with Crippen LogP contribution in [0, 0.1) is 17.1 Å². The Morgan fingerprint density at radius 3 is 2.41 bits per heavy atom. The minimum absolute atomic E-state index is 0.00869. The van der Waals surface area contributed by atoms with E-state index < -0.39 is 5.82 Å². The van der Waals surface area contributed by atoms with Crippen LogP contribution in [0.1, 0.15) is 18.4 Å². The van der Waals surface area contributed by atoms with E-state index in [-0.39, 0.29) is 5.56 Å². The fourth-order valence-corrected chi connectivity index (χ4v) is 3.72. The summed E-state index contributed by atoms with van der Waals surface area (Å²) in [6.07, 6.45) is 2.37. The third-order valence-electron chi connectivity index (χ3n) is 5.35. The number of nitrogen functional groups attached to an aromatic ring is 1. The molecule has 6 nitrogen and oxygen atoms in total. The van der Waals surface area contributed by atoms with Crippen LogP contribution in [0.3, 0.4) is 0 Å². The predicted molar refractivity (Wildman–Crippen MR) is 110 cm³/mol. The Labute approximate surface area is 168 Å². The van der Waals surface area contributed by atoms with Crippen molar-refractivity contribution in [3.63, 3.8) is 0 Å². The predicted octanol–water partition coefficient (Wildman–Crippen LogP) is 3.75. The number of anilines is 2. The van der Waals surface area contributed by atoms with Gasteiger partial charge in [-0.1, -0.05) is 6.07 Å². The van der Waals surface area contributed by atoms with Crippen LogP contribution in [0.5, 0.6) is 0 Å². The van der Waals surface area contributed by atoms with Crippen LogP contribution in [0.25, 0.3) is 16.9 Å². The Balaban J connectivity index is 1.61. The van der Waals surface area contributed by atoms with Gasteiger partial charge in [-0.05, 0) is 49.2 Å². The van der Waals surface area contributed by atoms with E-state index in [1.807, 2.05) is 18.2 Å². The summed E-state index contributed by atoms with van der Waals surface area (Å²) >= 11 is 0. The molecule has 29 heavy (non-hydrogen) atoms. The molecule has 0 aliphatic carbocycles. The van der Waals surface area contributed by atoms with Gasteiger partial charge >= 0.3 is 0 Å². The number of rotatable bonds is 4. The summed E-state index contributed by atoms with van der Waals surface area (Å²) in [7, 11) is 1.77. The number of hydrogen-bond acceptors (Lipinski definition) is 5. The molecule has 4 rings (SSSR count). The van der Waals surface area contributed by atoms with Gasteiger partial charge in [0.25, 0.3) is 0 Å². The highest BCUT2D eigenvalue weighted by Gasteiger charge is 2.19. The zero-order valence-corrected chi connectivity index (χ0v) is 16.2. The van der Waals surface area contributed by atoms with Gasteiger partial charge in [-0.3, -0.25) is 0 Å². The van der Waals surface area contributed by atoms with Crippen LogP contribution in [0.4, 0.5) is 15.9 Å². The Morgan fingerprint density at radius 2 is 1.79 bits per heavy atom. The quantitative estimate of drug-likeness (QED) is 0.733. The fraction of sp³-hybridized carbons (Fsp3) is 0.273. The van der Waals surface area contributed by atoms with Crippen molar-refractivity contribution in [2.45, 2.75) is 18.9 Å². The normalized spacial score (nSPS) is 14.7. The second-order valence-corrected chi connectivity index (χ2v) is 7.11. The molecular weight excluding hydrogens is 369 g/mol. The van der Waals surface area contributed by atoms with Gasteiger partial charge in [0.15, 0.2) is 0 Å². The molecule has 0 saturated carbocycles. The van der Waals surface area contributed by atoms with Crippen LogP contribution < -0.4 is 10.6 Å². The third-order valence-corrected chi connectivity index (χ3v) is 5.35. The molecule has 7 heteroatoms. The largest absolute Gasteiger partial charge is 0.382 e. The van der Waals surface area contributed by atoms with Gasteiger partial charge in [-0.25, -0.2) is 9.07 Å². The molecule has 1 aromatic heterocycles. The van der Waals surface area contributed by atoms with Crippen molar-refractivity contribution in [1.29, 1.82) is 5.26 Å². The van der Waals surface area contributed by atoms with Crippen LogP contribution in [-0.2, 0) is 4.74 Å². The monoisotopic (exact) mass is 391 g/mol. The first kappa shape index (κ1) is 19.0. The maximum absolute atomic E-state index is 14.1. The Morgan fingerprint density at radius 1 is 1.10 bits per heavy atom. The zero-order valence-electron chi connectivity index (χ0n) is 16.2. The molecule has 0 bridgehead atoms. The van der Waals surface area contributed by atoms with E-state index in [1.165, 1.54) is 12.1 Å². The van der Waals surface area contributed by atoms with Gasteiger partial charge in [-0.2, -0.15) is 10.4 Å². The van der Waals surface area contributed by atoms with Gasteiger partial charge in [0.2, 0.25) is 0 Å². The van der Waals surface area contributed by atoms with E-state index in [0.717, 1.165) is 37.3 Å². The molecule has 2 heterocycles. The lowest BCUT2D eigenvalue weighted by Gasteiger charge is -2.33. The molecule has 1 fully saturated rings. The first-order chi connectivity index (χ1) is 14.1. The van der Waals surface area contributed by atoms with E-state index >= 15 is 0 Å². The molecule has 2 aromatic carbocycles. The van der Waals surface area contributed by atoms with Crippen molar-refractivity contribution < 1.29 is 9.13 Å². The van der Waals surface area contributed by atoms with Crippen molar-refractivity contribution in [3.05, 3.63) is 59.9 Å². The SMILES string of the molecule is COC1CCN(c2ccc(-n3nc(N)cc3-c3ccc(C#N)c(F)c3)cc2)CC1. The second kappa shape index (κ2) is 7.94. The molecule has 1 saturated heterocycles. The van der Waals surface area contributed by atoms with Gasteiger partial charge in [0.1, 0.15) is 17.7 Å². The molecular formula is C22H22FN5O. The molecule has 148 valence electrons. The molecule has 2 N–H and O–H groups in total. The van der Waals surface area contributed by atoms with E-state index in [1.54, 1.807) is 23.9 Å². The highest BCUT2D eigenvalue weighted by Crippen LogP contribution is 2.28. The lowest BCUT2D eigenvalue weighted by atomic mass is 10.1.